The average molecular weight is 345 g/mol. The van der Waals surface area contributed by atoms with Gasteiger partial charge in [0.15, 0.2) is 5.00 Å². The van der Waals surface area contributed by atoms with Crippen molar-refractivity contribution < 1.29 is 4.74 Å². The van der Waals surface area contributed by atoms with Crippen molar-refractivity contribution in [2.24, 2.45) is 10.1 Å². The molecule has 1 unspecified atom stereocenters. The van der Waals surface area contributed by atoms with Gasteiger partial charge in [-0.2, -0.15) is 5.10 Å². The Morgan fingerprint density at radius 3 is 3.08 bits per heavy atom. The standard InChI is InChI=1S/C18H21ClN4O/c19-18(13-21-17-5-2-8-22-23(17)18)15-4-1-3-14(11-15)12-24-16-6-9-20-10-7-16/h1-5,8,11,16,20H,6-7,9-10,12-13H2. The van der Waals surface area contributed by atoms with Crippen molar-refractivity contribution in [1.82, 2.24) is 10.3 Å². The predicted molar refractivity (Wildman–Crippen MR) is 96.4 cm³/mol. The van der Waals surface area contributed by atoms with Crippen LogP contribution >= 0.6 is 11.6 Å². The topological polar surface area (TPSA) is 49.2 Å². The fourth-order valence-electron chi connectivity index (χ4n) is 3.30. The zero-order valence-electron chi connectivity index (χ0n) is 13.5. The van der Waals surface area contributed by atoms with Crippen LogP contribution in [-0.2, 0) is 16.3 Å². The normalized spacial score (nSPS) is 26.5. The van der Waals surface area contributed by atoms with Gasteiger partial charge < -0.3 is 10.1 Å². The number of alkyl halides is 1. The van der Waals surface area contributed by atoms with Crippen LogP contribution in [0.5, 0.6) is 0 Å². The molecule has 1 saturated heterocycles. The second-order valence-corrected chi connectivity index (χ2v) is 6.96. The lowest BCUT2D eigenvalue weighted by Crippen LogP contribution is -2.39. The van der Waals surface area contributed by atoms with Gasteiger partial charge in [-0.05, 0) is 55.3 Å². The molecule has 3 heterocycles. The van der Waals surface area contributed by atoms with Crippen LogP contribution in [0.25, 0.3) is 0 Å². The van der Waals surface area contributed by atoms with E-state index in [0.717, 1.165) is 42.9 Å². The van der Waals surface area contributed by atoms with Gasteiger partial charge in [-0.15, -0.1) is 0 Å². The Hall–Kier alpha value is -1.69. The highest BCUT2D eigenvalue weighted by Crippen LogP contribution is 2.39. The summed E-state index contributed by atoms with van der Waals surface area (Å²) in [7, 11) is 0. The number of amidine groups is 1. The van der Waals surface area contributed by atoms with Gasteiger partial charge in [-0.25, -0.2) is 5.01 Å². The Bertz CT molecular complexity index is 696. The van der Waals surface area contributed by atoms with Crippen LogP contribution in [0.3, 0.4) is 0 Å². The average Bonchev–Trinajstić information content (AvgIpc) is 3.00. The van der Waals surface area contributed by atoms with E-state index in [0.29, 0.717) is 19.3 Å². The molecule has 24 heavy (non-hydrogen) atoms. The maximum absolute atomic E-state index is 6.91. The molecule has 0 spiro atoms. The third-order valence-electron chi connectivity index (χ3n) is 4.66. The van der Waals surface area contributed by atoms with Crippen molar-refractivity contribution in [3.8, 4) is 0 Å². The first-order valence-corrected chi connectivity index (χ1v) is 8.79. The van der Waals surface area contributed by atoms with Crippen LogP contribution in [0, 0.1) is 0 Å². The number of benzene rings is 1. The second kappa shape index (κ2) is 6.67. The van der Waals surface area contributed by atoms with Gasteiger partial charge >= 0.3 is 0 Å². The van der Waals surface area contributed by atoms with E-state index in [1.807, 2.05) is 24.3 Å². The van der Waals surface area contributed by atoms with E-state index in [1.165, 1.54) is 0 Å². The first kappa shape index (κ1) is 15.8. The SMILES string of the molecule is ClC1(c2cccc(COC3CCNCC3)c2)CN=C2C=CC=NN21. The maximum atomic E-state index is 6.91. The van der Waals surface area contributed by atoms with Crippen molar-refractivity contribution in [2.75, 3.05) is 19.6 Å². The number of hydrogen-bond acceptors (Lipinski definition) is 5. The minimum absolute atomic E-state index is 0.345. The Morgan fingerprint density at radius 1 is 1.33 bits per heavy atom. The van der Waals surface area contributed by atoms with Crippen molar-refractivity contribution in [1.29, 1.82) is 0 Å². The van der Waals surface area contributed by atoms with E-state index in [2.05, 4.69) is 27.5 Å². The molecule has 1 aromatic carbocycles. The lowest BCUT2D eigenvalue weighted by molar-refractivity contribution is 0.0212. The van der Waals surface area contributed by atoms with Crippen molar-refractivity contribution in [2.45, 2.75) is 30.6 Å². The Morgan fingerprint density at radius 2 is 2.21 bits per heavy atom. The molecule has 0 bridgehead atoms. The highest BCUT2D eigenvalue weighted by Gasteiger charge is 2.43. The summed E-state index contributed by atoms with van der Waals surface area (Å²) < 4.78 is 6.06. The second-order valence-electron chi connectivity index (χ2n) is 6.33. The predicted octanol–water partition coefficient (Wildman–Crippen LogP) is 2.62. The third kappa shape index (κ3) is 2.99. The fraction of sp³-hybridized carbons (Fsp3) is 0.444. The van der Waals surface area contributed by atoms with Crippen molar-refractivity contribution >= 4 is 23.7 Å². The first-order valence-electron chi connectivity index (χ1n) is 8.42. The van der Waals surface area contributed by atoms with Crippen LogP contribution in [0.1, 0.15) is 24.0 Å². The van der Waals surface area contributed by atoms with Crippen LogP contribution in [0.15, 0.2) is 46.5 Å². The number of nitrogens with one attached hydrogen (secondary N) is 1. The molecule has 0 aliphatic carbocycles. The number of piperidine rings is 1. The van der Waals surface area contributed by atoms with E-state index in [4.69, 9.17) is 16.3 Å². The Labute approximate surface area is 147 Å². The molecule has 5 nitrogen and oxygen atoms in total. The highest BCUT2D eigenvalue weighted by molar-refractivity contribution is 6.26. The van der Waals surface area contributed by atoms with Crippen LogP contribution in [0.2, 0.25) is 0 Å². The lowest BCUT2D eigenvalue weighted by Gasteiger charge is -2.31. The van der Waals surface area contributed by atoms with E-state index >= 15 is 0 Å². The number of nitrogens with zero attached hydrogens (tertiary/aromatic N) is 3. The summed E-state index contributed by atoms with van der Waals surface area (Å²) in [6.07, 6.45) is 8.04. The van der Waals surface area contributed by atoms with E-state index in [1.54, 1.807) is 11.2 Å². The summed E-state index contributed by atoms with van der Waals surface area (Å²) in [6, 6.07) is 8.26. The highest BCUT2D eigenvalue weighted by atomic mass is 35.5. The quantitative estimate of drug-likeness (QED) is 0.674. The molecule has 1 atom stereocenters. The number of ether oxygens (including phenoxy) is 1. The van der Waals surface area contributed by atoms with Crippen LogP contribution in [0.4, 0.5) is 0 Å². The summed E-state index contributed by atoms with van der Waals surface area (Å²) in [4.78, 5) is 3.76. The van der Waals surface area contributed by atoms with E-state index in [-0.39, 0.29) is 0 Å². The molecule has 0 radical (unpaired) electrons. The molecule has 0 saturated carbocycles. The summed E-state index contributed by atoms with van der Waals surface area (Å²) >= 11 is 6.91. The number of rotatable bonds is 4. The number of fused-ring (bicyclic) bond motifs is 1. The van der Waals surface area contributed by atoms with E-state index in [9.17, 15) is 0 Å². The number of hydrogen-bond donors (Lipinski definition) is 1. The van der Waals surface area contributed by atoms with Gasteiger partial charge in [0.1, 0.15) is 5.84 Å². The summed E-state index contributed by atoms with van der Waals surface area (Å²) in [5, 5.41) is 9.54. The molecule has 6 heteroatoms. The minimum Gasteiger partial charge on any atom is -0.373 e. The number of aliphatic imine (C=N–C) groups is 1. The monoisotopic (exact) mass is 344 g/mol. The Balaban J connectivity index is 1.48. The molecule has 3 aliphatic heterocycles. The van der Waals surface area contributed by atoms with Crippen LogP contribution < -0.4 is 5.32 Å². The molecule has 126 valence electrons. The van der Waals surface area contributed by atoms with Crippen molar-refractivity contribution in [3.05, 3.63) is 47.5 Å². The maximum Gasteiger partial charge on any atom is 0.182 e. The lowest BCUT2D eigenvalue weighted by atomic mass is 10.0. The zero-order valence-corrected chi connectivity index (χ0v) is 14.2. The summed E-state index contributed by atoms with van der Waals surface area (Å²) in [5.74, 6) is 0.809. The van der Waals surface area contributed by atoms with Gasteiger partial charge in [0.2, 0.25) is 0 Å². The molecule has 0 amide bonds. The smallest absolute Gasteiger partial charge is 0.182 e. The molecule has 1 fully saturated rings. The van der Waals surface area contributed by atoms with Gasteiger partial charge in [0, 0.05) is 6.21 Å². The van der Waals surface area contributed by atoms with Crippen LogP contribution in [-0.4, -0.2) is 42.8 Å². The van der Waals surface area contributed by atoms with Gasteiger partial charge in [0.05, 0.1) is 19.3 Å². The molecule has 1 N–H and O–H groups in total. The number of hydrazone groups is 1. The van der Waals surface area contributed by atoms with Gasteiger partial charge in [-0.3, -0.25) is 4.99 Å². The molecular weight excluding hydrogens is 324 g/mol. The number of allylic oxidation sites excluding steroid dienone is 1. The van der Waals surface area contributed by atoms with Gasteiger partial charge in [-0.1, -0.05) is 29.8 Å². The third-order valence-corrected chi connectivity index (χ3v) is 5.16. The fourth-order valence-corrected chi connectivity index (χ4v) is 3.61. The minimum atomic E-state index is -0.749. The Kier molecular flexibility index (Phi) is 4.39. The summed E-state index contributed by atoms with van der Waals surface area (Å²) in [5.41, 5.74) is 2.14. The van der Waals surface area contributed by atoms with Gasteiger partial charge in [0.25, 0.3) is 0 Å². The van der Waals surface area contributed by atoms with Crippen molar-refractivity contribution in [3.63, 3.8) is 0 Å². The zero-order chi connectivity index (χ0) is 16.4. The van der Waals surface area contributed by atoms with E-state index < -0.39 is 5.00 Å². The molecule has 4 rings (SSSR count). The first-order chi connectivity index (χ1) is 11.8. The molecule has 0 aromatic heterocycles. The molecule has 1 aromatic rings. The summed E-state index contributed by atoms with van der Waals surface area (Å²) in [6.45, 7) is 3.18. The molecular formula is C18H21ClN4O. The molecule has 3 aliphatic rings. The number of halogens is 1. The largest absolute Gasteiger partial charge is 0.373 e.